The summed E-state index contributed by atoms with van der Waals surface area (Å²) in [5.74, 6) is -0.595. The first-order valence-corrected chi connectivity index (χ1v) is 12.5. The maximum absolute atomic E-state index is 13.7. The van der Waals surface area contributed by atoms with Crippen molar-refractivity contribution in [2.45, 2.75) is 68.9 Å². The Kier molecular flexibility index (Phi) is 7.26. The quantitative estimate of drug-likeness (QED) is 0.338. The summed E-state index contributed by atoms with van der Waals surface area (Å²) in [4.78, 5) is 51.4. The van der Waals surface area contributed by atoms with Crippen LogP contribution in [-0.2, 0) is 30.4 Å². The van der Waals surface area contributed by atoms with E-state index >= 15 is 0 Å². The fourth-order valence-electron chi connectivity index (χ4n) is 5.68. The van der Waals surface area contributed by atoms with Crippen LogP contribution < -0.4 is 5.32 Å². The number of imidazole rings is 1. The van der Waals surface area contributed by atoms with Gasteiger partial charge in [0, 0.05) is 64.1 Å². The average Bonchev–Trinajstić information content (AvgIpc) is 3.56. The maximum atomic E-state index is 13.7. The number of amides is 3. The monoisotopic (exact) mass is 506 g/mol. The van der Waals surface area contributed by atoms with Gasteiger partial charge in [-0.15, -0.1) is 0 Å². The van der Waals surface area contributed by atoms with E-state index in [1.54, 1.807) is 17.4 Å². The Balaban J connectivity index is 1.40. The minimum atomic E-state index is -1.25. The lowest BCUT2D eigenvalue weighted by atomic mass is 10.0. The zero-order chi connectivity index (χ0) is 25.4. The van der Waals surface area contributed by atoms with Crippen LogP contribution in [0.2, 0.25) is 0 Å². The number of aliphatic hydroxyl groups is 2. The Hall–Kier alpha value is -2.58. The number of aromatic amines is 1. The molecule has 3 amide bonds. The first-order valence-electron chi connectivity index (χ1n) is 12.5. The molecule has 0 spiro atoms. The summed E-state index contributed by atoms with van der Waals surface area (Å²) in [6.45, 7) is 3.75. The van der Waals surface area contributed by atoms with Gasteiger partial charge in [0.05, 0.1) is 37.6 Å². The van der Waals surface area contributed by atoms with Gasteiger partial charge >= 0.3 is 0 Å². The van der Waals surface area contributed by atoms with Crippen LogP contribution in [0, 0.1) is 0 Å². The topological polar surface area (TPSA) is 161 Å². The second-order valence-corrected chi connectivity index (χ2v) is 10.1. The predicted molar refractivity (Wildman–Crippen MR) is 123 cm³/mol. The van der Waals surface area contributed by atoms with E-state index in [-0.39, 0.29) is 43.3 Å². The maximum Gasteiger partial charge on any atom is 0.240 e. The number of carbonyl (C=O) groups excluding carboxylic acids is 3. The van der Waals surface area contributed by atoms with Crippen LogP contribution in [0.1, 0.15) is 25.5 Å². The lowest BCUT2D eigenvalue weighted by molar-refractivity contribution is -0.146. The molecular weight excluding hydrogens is 472 g/mol. The summed E-state index contributed by atoms with van der Waals surface area (Å²) in [6, 6.07) is -0.694. The number of nitrogens with one attached hydrogen (secondary N) is 2. The molecule has 0 radical (unpaired) electrons. The third-order valence-electron chi connectivity index (χ3n) is 7.55. The van der Waals surface area contributed by atoms with Gasteiger partial charge in [0.15, 0.2) is 0 Å². The molecule has 198 valence electrons. The van der Waals surface area contributed by atoms with Crippen LogP contribution in [0.5, 0.6) is 0 Å². The molecule has 5 heterocycles. The molecule has 4 fully saturated rings. The van der Waals surface area contributed by atoms with Gasteiger partial charge in [0.1, 0.15) is 18.3 Å². The number of morpholine rings is 1. The molecule has 4 saturated heterocycles. The number of aromatic nitrogens is 2. The second kappa shape index (κ2) is 10.4. The molecule has 0 saturated carbocycles. The van der Waals surface area contributed by atoms with Gasteiger partial charge in [0.2, 0.25) is 17.7 Å². The summed E-state index contributed by atoms with van der Waals surface area (Å²) < 4.78 is 11.7. The molecule has 5 rings (SSSR count). The fraction of sp³-hybridized carbons (Fsp3) is 0.739. The number of H-pyrrole nitrogens is 1. The van der Waals surface area contributed by atoms with Crippen molar-refractivity contribution in [3.8, 4) is 0 Å². The molecular formula is C23H34N6O7. The van der Waals surface area contributed by atoms with Crippen LogP contribution in [0.3, 0.4) is 0 Å². The Morgan fingerprint density at radius 1 is 1.17 bits per heavy atom. The molecule has 7 atom stereocenters. The first-order chi connectivity index (χ1) is 17.3. The van der Waals surface area contributed by atoms with Gasteiger partial charge in [-0.2, -0.15) is 0 Å². The van der Waals surface area contributed by atoms with Crippen molar-refractivity contribution >= 4 is 17.7 Å². The zero-order valence-electron chi connectivity index (χ0n) is 20.3. The summed E-state index contributed by atoms with van der Waals surface area (Å²) in [5.41, 5.74) is 0.866. The van der Waals surface area contributed by atoms with Crippen LogP contribution in [-0.4, -0.2) is 135 Å². The highest BCUT2D eigenvalue weighted by molar-refractivity contribution is 5.83. The largest absolute Gasteiger partial charge is 0.388 e. The third-order valence-corrected chi connectivity index (χ3v) is 7.55. The molecule has 4 aliphatic rings. The highest BCUT2D eigenvalue weighted by Crippen LogP contribution is 2.27. The highest BCUT2D eigenvalue weighted by atomic mass is 16.5. The number of aliphatic hydroxyl groups excluding tert-OH is 2. The van der Waals surface area contributed by atoms with Gasteiger partial charge < -0.3 is 39.8 Å². The Morgan fingerprint density at radius 2 is 1.97 bits per heavy atom. The van der Waals surface area contributed by atoms with E-state index in [9.17, 15) is 24.6 Å². The number of hydrogen-bond donors (Lipinski definition) is 4. The SMILES string of the molecule is CC(=O)N1C[C@@H]2CN(CCO2)C(=O)[C@@H]2C[C@@H](CN2Cc2cnc[nH]2)NC(=O)C[C@@H]2O[C@H](C1)[C@@H](O)[C@H]2O. The summed E-state index contributed by atoms with van der Waals surface area (Å²) in [6.07, 6.45) is -0.994. The molecule has 0 unspecified atom stereocenters. The van der Waals surface area contributed by atoms with E-state index in [0.717, 1.165) is 5.69 Å². The van der Waals surface area contributed by atoms with Crippen LogP contribution >= 0.6 is 0 Å². The van der Waals surface area contributed by atoms with Gasteiger partial charge in [-0.05, 0) is 6.42 Å². The molecule has 0 aliphatic carbocycles. The number of fused-ring (bicyclic) bond motifs is 6. The van der Waals surface area contributed by atoms with Crippen LogP contribution in [0.15, 0.2) is 12.5 Å². The Labute approximate surface area is 208 Å². The molecule has 4 aliphatic heterocycles. The minimum absolute atomic E-state index is 0.0321. The third kappa shape index (κ3) is 5.25. The molecule has 1 aromatic heterocycles. The van der Waals surface area contributed by atoms with E-state index in [0.29, 0.717) is 39.2 Å². The summed E-state index contributed by atoms with van der Waals surface area (Å²) in [7, 11) is 0. The molecule has 6 bridgehead atoms. The van der Waals surface area contributed by atoms with Gasteiger partial charge in [-0.25, -0.2) is 4.98 Å². The van der Waals surface area contributed by atoms with Crippen molar-refractivity contribution in [1.29, 1.82) is 0 Å². The second-order valence-electron chi connectivity index (χ2n) is 10.1. The zero-order valence-corrected chi connectivity index (χ0v) is 20.3. The Bertz CT molecular complexity index is 961. The molecule has 1 aromatic rings. The number of nitrogens with zero attached hydrogens (tertiary/aromatic N) is 4. The van der Waals surface area contributed by atoms with E-state index in [1.165, 1.54) is 11.8 Å². The Morgan fingerprint density at radius 3 is 2.72 bits per heavy atom. The number of ether oxygens (including phenoxy) is 2. The molecule has 13 nitrogen and oxygen atoms in total. The normalized spacial score (nSPS) is 36.2. The fourth-order valence-corrected chi connectivity index (χ4v) is 5.68. The van der Waals surface area contributed by atoms with Crippen molar-refractivity contribution in [2.24, 2.45) is 0 Å². The summed E-state index contributed by atoms with van der Waals surface area (Å²) in [5, 5.41) is 24.1. The summed E-state index contributed by atoms with van der Waals surface area (Å²) >= 11 is 0. The molecule has 4 N–H and O–H groups in total. The number of hydrogen-bond acceptors (Lipinski definition) is 9. The van der Waals surface area contributed by atoms with Crippen molar-refractivity contribution in [3.05, 3.63) is 18.2 Å². The van der Waals surface area contributed by atoms with Crippen molar-refractivity contribution in [1.82, 2.24) is 30.0 Å². The van der Waals surface area contributed by atoms with Crippen molar-refractivity contribution in [3.63, 3.8) is 0 Å². The smallest absolute Gasteiger partial charge is 0.240 e. The highest BCUT2D eigenvalue weighted by Gasteiger charge is 2.46. The van der Waals surface area contributed by atoms with Gasteiger partial charge in [-0.3, -0.25) is 19.3 Å². The van der Waals surface area contributed by atoms with Crippen molar-refractivity contribution in [2.75, 3.05) is 39.3 Å². The lowest BCUT2D eigenvalue weighted by Gasteiger charge is -2.38. The molecule has 0 aromatic carbocycles. The lowest BCUT2D eigenvalue weighted by Crippen LogP contribution is -2.55. The average molecular weight is 507 g/mol. The molecule has 36 heavy (non-hydrogen) atoms. The van der Waals surface area contributed by atoms with E-state index < -0.39 is 36.6 Å². The van der Waals surface area contributed by atoms with Crippen LogP contribution in [0.25, 0.3) is 0 Å². The van der Waals surface area contributed by atoms with Gasteiger partial charge in [-0.1, -0.05) is 0 Å². The van der Waals surface area contributed by atoms with E-state index in [2.05, 4.69) is 15.3 Å². The number of likely N-dealkylation sites (tertiary alicyclic amines) is 1. The predicted octanol–water partition coefficient (Wildman–Crippen LogP) is -2.56. The van der Waals surface area contributed by atoms with Crippen molar-refractivity contribution < 1.29 is 34.1 Å². The first kappa shape index (κ1) is 25.1. The molecule has 13 heteroatoms. The van der Waals surface area contributed by atoms with Gasteiger partial charge in [0.25, 0.3) is 0 Å². The van der Waals surface area contributed by atoms with E-state index in [4.69, 9.17) is 9.47 Å². The number of carbonyl (C=O) groups is 3. The van der Waals surface area contributed by atoms with Crippen LogP contribution in [0.4, 0.5) is 0 Å². The number of rotatable bonds is 2. The minimum Gasteiger partial charge on any atom is -0.388 e. The standard InChI is InChI=1S/C23H34N6O7/c1-13(30)28-10-16-9-27(2-3-35-16)23(34)17-4-14(7-29(17)8-15-6-24-12-25-15)26-20(31)5-18-21(32)22(33)19(11-28)36-18/h6,12,14,16-19,21-22,32-33H,2-5,7-11H2,1H3,(H,24,25)(H,26,31)/t14-,16-,17-,18-,19+,21-,22+/m0/s1. The van der Waals surface area contributed by atoms with E-state index in [1.807, 2.05) is 4.90 Å².